The van der Waals surface area contributed by atoms with Crippen LogP contribution < -0.4 is 20.1 Å². The molecule has 0 aromatic heterocycles. The van der Waals surface area contributed by atoms with Gasteiger partial charge in [-0.1, -0.05) is 0 Å². The van der Waals surface area contributed by atoms with Crippen molar-refractivity contribution < 1.29 is 14.3 Å². The van der Waals surface area contributed by atoms with Crippen LogP contribution in [-0.4, -0.2) is 56.2 Å². The number of hydrogen-bond acceptors (Lipinski definition) is 4. The summed E-state index contributed by atoms with van der Waals surface area (Å²) in [5.41, 5.74) is 0.864. The van der Waals surface area contributed by atoms with Crippen LogP contribution in [0.5, 0.6) is 11.5 Å². The van der Waals surface area contributed by atoms with Gasteiger partial charge < -0.3 is 25.0 Å². The molecule has 1 amide bonds. The first kappa shape index (κ1) is 22.6. The molecular weight excluding hydrogens is 471 g/mol. The molecule has 0 bridgehead atoms. The van der Waals surface area contributed by atoms with Crippen LogP contribution in [0.25, 0.3) is 0 Å². The van der Waals surface area contributed by atoms with E-state index in [1.165, 1.54) is 6.42 Å². The predicted molar refractivity (Wildman–Crippen MR) is 122 cm³/mol. The lowest BCUT2D eigenvalue weighted by Crippen LogP contribution is -2.43. The minimum atomic E-state index is 0. The highest BCUT2D eigenvalue weighted by molar-refractivity contribution is 14.0. The molecule has 1 atom stereocenters. The van der Waals surface area contributed by atoms with Crippen molar-refractivity contribution in [3.05, 3.63) is 18.2 Å². The van der Waals surface area contributed by atoms with E-state index in [2.05, 4.69) is 22.5 Å². The van der Waals surface area contributed by atoms with E-state index in [1.807, 2.05) is 23.1 Å². The molecule has 2 aliphatic heterocycles. The third-order valence-electron chi connectivity index (χ3n) is 4.99. The fourth-order valence-corrected chi connectivity index (χ4v) is 3.46. The molecule has 1 unspecified atom stereocenters. The number of ether oxygens (including phenoxy) is 2. The summed E-state index contributed by atoms with van der Waals surface area (Å²) in [4.78, 5) is 18.7. The molecule has 1 fully saturated rings. The van der Waals surface area contributed by atoms with E-state index in [9.17, 15) is 4.79 Å². The summed E-state index contributed by atoms with van der Waals surface area (Å²) >= 11 is 0. The van der Waals surface area contributed by atoms with Gasteiger partial charge in [-0.25, -0.2) is 0 Å². The molecule has 1 aromatic carbocycles. The largest absolute Gasteiger partial charge is 0.490 e. The Balaban J connectivity index is 0.00000280. The van der Waals surface area contributed by atoms with E-state index in [4.69, 9.17) is 9.47 Å². The SMILES string of the molecule is CN=C(NCCC(=O)N1CCCCC1C)Nc1ccc2c(c1)OCCCO2.I. The van der Waals surface area contributed by atoms with Gasteiger partial charge in [-0.3, -0.25) is 9.79 Å². The van der Waals surface area contributed by atoms with E-state index >= 15 is 0 Å². The fourth-order valence-electron chi connectivity index (χ4n) is 3.46. The number of guanidine groups is 1. The minimum absolute atomic E-state index is 0. The Morgan fingerprint density at radius 2 is 2.00 bits per heavy atom. The number of hydrogen-bond donors (Lipinski definition) is 2. The average molecular weight is 502 g/mol. The molecule has 8 heteroatoms. The first-order valence-corrected chi connectivity index (χ1v) is 9.84. The van der Waals surface area contributed by atoms with E-state index in [0.717, 1.165) is 43.0 Å². The van der Waals surface area contributed by atoms with Gasteiger partial charge in [0, 0.05) is 50.8 Å². The molecule has 2 heterocycles. The van der Waals surface area contributed by atoms with Crippen LogP contribution in [0, 0.1) is 0 Å². The summed E-state index contributed by atoms with van der Waals surface area (Å²) in [6.07, 6.45) is 4.77. The van der Waals surface area contributed by atoms with E-state index in [0.29, 0.717) is 38.2 Å². The molecular formula is C20H31IN4O3. The predicted octanol–water partition coefficient (Wildman–Crippen LogP) is 3.24. The Labute approximate surface area is 184 Å². The summed E-state index contributed by atoms with van der Waals surface area (Å²) in [7, 11) is 1.72. The van der Waals surface area contributed by atoms with Gasteiger partial charge in [0.25, 0.3) is 0 Å². The molecule has 1 aromatic rings. The van der Waals surface area contributed by atoms with Crippen LogP contribution in [0.3, 0.4) is 0 Å². The Kier molecular flexibility index (Phi) is 9.14. The number of nitrogens with zero attached hydrogens (tertiary/aromatic N) is 2. The number of amides is 1. The number of aliphatic imine (C=N–C) groups is 1. The lowest BCUT2D eigenvalue weighted by Gasteiger charge is -2.33. The monoisotopic (exact) mass is 502 g/mol. The first-order chi connectivity index (χ1) is 13.2. The smallest absolute Gasteiger partial charge is 0.224 e. The molecule has 2 aliphatic rings. The van der Waals surface area contributed by atoms with Gasteiger partial charge in [-0.2, -0.15) is 0 Å². The number of rotatable bonds is 4. The number of anilines is 1. The Hall–Kier alpha value is -1.71. The van der Waals surface area contributed by atoms with Crippen molar-refractivity contribution in [3.63, 3.8) is 0 Å². The molecule has 7 nitrogen and oxygen atoms in total. The van der Waals surface area contributed by atoms with Crippen molar-refractivity contribution in [2.75, 3.05) is 38.7 Å². The van der Waals surface area contributed by atoms with Crippen LogP contribution in [0.1, 0.15) is 39.0 Å². The molecule has 2 N–H and O–H groups in total. The van der Waals surface area contributed by atoms with Gasteiger partial charge in [0.05, 0.1) is 13.2 Å². The Morgan fingerprint density at radius 1 is 1.21 bits per heavy atom. The van der Waals surface area contributed by atoms with Crippen molar-refractivity contribution in [2.24, 2.45) is 4.99 Å². The van der Waals surface area contributed by atoms with Crippen LogP contribution in [0.2, 0.25) is 0 Å². The molecule has 1 saturated heterocycles. The fraction of sp³-hybridized carbons (Fsp3) is 0.600. The highest BCUT2D eigenvalue weighted by Gasteiger charge is 2.22. The van der Waals surface area contributed by atoms with Gasteiger partial charge >= 0.3 is 0 Å². The maximum absolute atomic E-state index is 12.4. The van der Waals surface area contributed by atoms with Crippen LogP contribution in [-0.2, 0) is 4.79 Å². The van der Waals surface area contributed by atoms with E-state index in [-0.39, 0.29) is 29.9 Å². The Morgan fingerprint density at radius 3 is 2.75 bits per heavy atom. The van der Waals surface area contributed by atoms with Crippen molar-refractivity contribution in [1.29, 1.82) is 0 Å². The molecule has 3 rings (SSSR count). The molecule has 28 heavy (non-hydrogen) atoms. The van der Waals surface area contributed by atoms with Gasteiger partial charge in [-0.05, 0) is 38.3 Å². The second-order valence-corrected chi connectivity index (χ2v) is 7.02. The highest BCUT2D eigenvalue weighted by atomic mass is 127. The summed E-state index contributed by atoms with van der Waals surface area (Å²) in [6, 6.07) is 6.09. The maximum Gasteiger partial charge on any atom is 0.224 e. The summed E-state index contributed by atoms with van der Waals surface area (Å²) in [5, 5.41) is 6.45. The lowest BCUT2D eigenvalue weighted by atomic mass is 10.0. The summed E-state index contributed by atoms with van der Waals surface area (Å²) in [6.45, 7) is 4.89. The summed E-state index contributed by atoms with van der Waals surface area (Å²) in [5.74, 6) is 2.34. The quantitative estimate of drug-likeness (QED) is 0.376. The molecule has 0 spiro atoms. The Bertz CT molecular complexity index is 683. The third kappa shape index (κ3) is 6.15. The standard InChI is InChI=1S/C20H30N4O3.HI/c1-15-6-3-4-11-24(15)19(25)9-10-22-20(21-2)23-16-7-8-17-18(14-16)27-13-5-12-26-17;/h7-8,14-15H,3-6,9-13H2,1-2H3,(H2,21,22,23);1H. The number of halogens is 1. The molecule has 0 aliphatic carbocycles. The molecule has 156 valence electrons. The number of benzene rings is 1. The van der Waals surface area contributed by atoms with Gasteiger partial charge in [-0.15, -0.1) is 24.0 Å². The lowest BCUT2D eigenvalue weighted by molar-refractivity contribution is -0.134. The molecule has 0 radical (unpaired) electrons. The zero-order valence-corrected chi connectivity index (χ0v) is 19.0. The number of likely N-dealkylation sites (tertiary alicyclic amines) is 1. The molecule has 0 saturated carbocycles. The van der Waals surface area contributed by atoms with E-state index in [1.54, 1.807) is 7.05 Å². The normalized spacial score (nSPS) is 19.3. The second kappa shape index (κ2) is 11.3. The van der Waals surface area contributed by atoms with Crippen LogP contribution in [0.15, 0.2) is 23.2 Å². The van der Waals surface area contributed by atoms with Gasteiger partial charge in [0.1, 0.15) is 0 Å². The van der Waals surface area contributed by atoms with Crippen LogP contribution >= 0.6 is 24.0 Å². The van der Waals surface area contributed by atoms with Crippen molar-refractivity contribution >= 4 is 41.5 Å². The van der Waals surface area contributed by atoms with Gasteiger partial charge in [0.2, 0.25) is 5.91 Å². The highest BCUT2D eigenvalue weighted by Crippen LogP contribution is 2.32. The zero-order chi connectivity index (χ0) is 19.1. The topological polar surface area (TPSA) is 75.2 Å². The average Bonchev–Trinajstić information content (AvgIpc) is 2.92. The number of carbonyl (C=O) groups excluding carboxylic acids is 1. The van der Waals surface area contributed by atoms with Crippen LogP contribution in [0.4, 0.5) is 5.69 Å². The number of piperidine rings is 1. The number of nitrogens with one attached hydrogen (secondary N) is 2. The first-order valence-electron chi connectivity index (χ1n) is 9.84. The number of fused-ring (bicyclic) bond motifs is 1. The minimum Gasteiger partial charge on any atom is -0.490 e. The van der Waals surface area contributed by atoms with Crippen molar-refractivity contribution in [2.45, 2.75) is 45.1 Å². The second-order valence-electron chi connectivity index (χ2n) is 7.02. The number of carbonyl (C=O) groups is 1. The van der Waals surface area contributed by atoms with Crippen molar-refractivity contribution in [1.82, 2.24) is 10.2 Å². The maximum atomic E-state index is 12.4. The third-order valence-corrected chi connectivity index (χ3v) is 4.99. The van der Waals surface area contributed by atoms with Crippen molar-refractivity contribution in [3.8, 4) is 11.5 Å². The summed E-state index contributed by atoms with van der Waals surface area (Å²) < 4.78 is 11.4. The zero-order valence-electron chi connectivity index (χ0n) is 16.7. The van der Waals surface area contributed by atoms with E-state index < -0.39 is 0 Å². The van der Waals surface area contributed by atoms with Gasteiger partial charge in [0.15, 0.2) is 17.5 Å².